The Morgan fingerprint density at radius 1 is 1.20 bits per heavy atom. The van der Waals surface area contributed by atoms with Crippen LogP contribution in [0.4, 0.5) is 0 Å². The van der Waals surface area contributed by atoms with Crippen molar-refractivity contribution in [1.29, 1.82) is 0 Å². The first-order valence-electron chi connectivity index (χ1n) is 8.11. The third kappa shape index (κ3) is 7.92. The average Bonchev–Trinajstić information content (AvgIpc) is 2.48. The zero-order chi connectivity index (χ0) is 19.0. The molecule has 6 nitrogen and oxygen atoms in total. The van der Waals surface area contributed by atoms with Crippen molar-refractivity contribution in [1.82, 2.24) is 10.0 Å². The number of unbranched alkanes of at least 4 members (excludes halogenated alkanes) is 1. The lowest BCUT2D eigenvalue weighted by atomic mass is 10.0. The fourth-order valence-electron chi connectivity index (χ4n) is 2.28. The maximum atomic E-state index is 12.2. The normalized spacial score (nSPS) is 13.2. The third-order valence-electron chi connectivity index (χ3n) is 3.52. The van der Waals surface area contributed by atoms with Crippen LogP contribution in [0.2, 0.25) is 10.0 Å². The van der Waals surface area contributed by atoms with Crippen molar-refractivity contribution in [3.63, 3.8) is 0 Å². The van der Waals surface area contributed by atoms with Crippen LogP contribution in [-0.4, -0.2) is 33.5 Å². The van der Waals surface area contributed by atoms with Crippen LogP contribution < -0.4 is 15.8 Å². The molecule has 25 heavy (non-hydrogen) atoms. The summed E-state index contributed by atoms with van der Waals surface area (Å²) in [6.45, 7) is 4.90. The second kappa shape index (κ2) is 10.3. The molecular formula is C16H25Cl2N3O3S. The highest BCUT2D eigenvalue weighted by atomic mass is 35.5. The van der Waals surface area contributed by atoms with Crippen LogP contribution >= 0.6 is 23.2 Å². The van der Waals surface area contributed by atoms with Crippen molar-refractivity contribution < 1.29 is 13.2 Å². The molecule has 0 aliphatic carbocycles. The number of hydrogen-bond donors (Lipinski definition) is 3. The van der Waals surface area contributed by atoms with E-state index in [1.165, 1.54) is 18.2 Å². The van der Waals surface area contributed by atoms with Crippen molar-refractivity contribution in [2.24, 2.45) is 11.7 Å². The fraction of sp³-hybridized carbons (Fsp3) is 0.562. The highest BCUT2D eigenvalue weighted by Gasteiger charge is 2.18. The van der Waals surface area contributed by atoms with Crippen molar-refractivity contribution in [2.45, 2.75) is 44.0 Å². The Hall–Kier alpha value is -0.860. The predicted octanol–water partition coefficient (Wildman–Crippen LogP) is 2.54. The number of nitrogens with two attached hydrogens (primary N) is 1. The molecule has 1 amide bonds. The summed E-state index contributed by atoms with van der Waals surface area (Å²) in [7, 11) is -3.68. The van der Waals surface area contributed by atoms with Crippen molar-refractivity contribution >= 4 is 39.1 Å². The van der Waals surface area contributed by atoms with Gasteiger partial charge in [0.2, 0.25) is 15.9 Å². The molecule has 0 bridgehead atoms. The molecule has 9 heteroatoms. The van der Waals surface area contributed by atoms with Gasteiger partial charge in [-0.25, -0.2) is 13.1 Å². The number of carbonyl (C=O) groups is 1. The molecule has 1 rings (SSSR count). The summed E-state index contributed by atoms with van der Waals surface area (Å²) < 4.78 is 26.9. The van der Waals surface area contributed by atoms with Crippen LogP contribution in [-0.2, 0) is 14.8 Å². The number of rotatable bonds is 11. The summed E-state index contributed by atoms with van der Waals surface area (Å²) in [4.78, 5) is 11.3. The summed E-state index contributed by atoms with van der Waals surface area (Å²) in [5, 5.41) is 3.57. The Morgan fingerprint density at radius 3 is 2.40 bits per heavy atom. The van der Waals surface area contributed by atoms with Crippen LogP contribution in [0.1, 0.15) is 33.1 Å². The first kappa shape index (κ1) is 22.2. The van der Waals surface area contributed by atoms with Gasteiger partial charge in [-0.1, -0.05) is 37.0 Å². The number of carbonyl (C=O) groups excluding carboxylic acids is 1. The minimum atomic E-state index is -3.68. The molecule has 0 aliphatic rings. The van der Waals surface area contributed by atoms with Gasteiger partial charge in [0.05, 0.1) is 11.1 Å². The molecule has 0 heterocycles. The van der Waals surface area contributed by atoms with E-state index in [0.29, 0.717) is 36.7 Å². The van der Waals surface area contributed by atoms with E-state index in [-0.39, 0.29) is 28.4 Å². The van der Waals surface area contributed by atoms with E-state index in [4.69, 9.17) is 28.9 Å². The molecule has 1 aromatic rings. The second-order valence-corrected chi connectivity index (χ2v) is 8.80. The van der Waals surface area contributed by atoms with Gasteiger partial charge in [0.15, 0.2) is 0 Å². The van der Waals surface area contributed by atoms with Gasteiger partial charge < -0.3 is 11.1 Å². The molecule has 0 saturated carbocycles. The zero-order valence-corrected chi connectivity index (χ0v) is 16.7. The van der Waals surface area contributed by atoms with Crippen molar-refractivity contribution in [2.75, 3.05) is 13.1 Å². The SMILES string of the molecule is CC(C)C[C@H](NCCCCNS(=O)(=O)c1ccc(Cl)cc1Cl)C(N)=O. The standard InChI is InChI=1S/C16H25Cl2N3O3S/c1-11(2)9-14(16(19)22)20-7-3-4-8-21-25(23,24)15-6-5-12(17)10-13(15)18/h5-6,10-11,14,20-21H,3-4,7-9H2,1-2H3,(H2,19,22)/t14-/m0/s1. The molecule has 0 fully saturated rings. The lowest BCUT2D eigenvalue weighted by molar-refractivity contribution is -0.120. The van der Waals surface area contributed by atoms with Gasteiger partial charge in [-0.3, -0.25) is 4.79 Å². The van der Waals surface area contributed by atoms with Gasteiger partial charge >= 0.3 is 0 Å². The quantitative estimate of drug-likeness (QED) is 0.488. The Kier molecular flexibility index (Phi) is 9.16. The molecule has 0 aromatic heterocycles. The zero-order valence-electron chi connectivity index (χ0n) is 14.4. The average molecular weight is 410 g/mol. The minimum absolute atomic E-state index is 0.00224. The van der Waals surface area contributed by atoms with Gasteiger partial charge in [-0.15, -0.1) is 0 Å². The van der Waals surface area contributed by atoms with E-state index in [1.807, 2.05) is 13.8 Å². The summed E-state index contributed by atoms with van der Waals surface area (Å²) in [6.07, 6.45) is 2.00. The van der Waals surface area contributed by atoms with Crippen LogP contribution in [0.25, 0.3) is 0 Å². The molecule has 0 saturated heterocycles. The smallest absolute Gasteiger partial charge is 0.242 e. The second-order valence-electron chi connectivity index (χ2n) is 6.22. The van der Waals surface area contributed by atoms with E-state index < -0.39 is 10.0 Å². The molecule has 0 aliphatic heterocycles. The summed E-state index contributed by atoms with van der Waals surface area (Å²) in [6, 6.07) is 3.88. The van der Waals surface area contributed by atoms with Gasteiger partial charge in [-0.05, 0) is 49.9 Å². The first-order valence-corrected chi connectivity index (χ1v) is 10.3. The third-order valence-corrected chi connectivity index (χ3v) is 5.70. The van der Waals surface area contributed by atoms with Crippen molar-refractivity contribution in [3.05, 3.63) is 28.2 Å². The monoisotopic (exact) mass is 409 g/mol. The van der Waals surface area contributed by atoms with Crippen LogP contribution in [0.5, 0.6) is 0 Å². The summed E-state index contributed by atoms with van der Waals surface area (Å²) in [5.41, 5.74) is 5.36. The first-order chi connectivity index (χ1) is 11.6. The number of sulfonamides is 1. The van der Waals surface area contributed by atoms with E-state index in [1.54, 1.807) is 0 Å². The summed E-state index contributed by atoms with van der Waals surface area (Å²) in [5.74, 6) is -0.00674. The molecular weight excluding hydrogens is 385 g/mol. The number of primary amides is 1. The van der Waals surface area contributed by atoms with E-state index in [9.17, 15) is 13.2 Å². The van der Waals surface area contributed by atoms with Crippen LogP contribution in [0.3, 0.4) is 0 Å². The van der Waals surface area contributed by atoms with Gasteiger partial charge in [0.25, 0.3) is 0 Å². The topological polar surface area (TPSA) is 101 Å². The number of hydrogen-bond acceptors (Lipinski definition) is 4. The molecule has 4 N–H and O–H groups in total. The molecule has 1 aromatic carbocycles. The number of amides is 1. The lowest BCUT2D eigenvalue weighted by Gasteiger charge is -2.17. The Bertz CT molecular complexity index is 681. The van der Waals surface area contributed by atoms with Gasteiger partial charge in [0, 0.05) is 11.6 Å². The van der Waals surface area contributed by atoms with E-state index in [2.05, 4.69) is 10.0 Å². The predicted molar refractivity (Wildman–Crippen MR) is 101 cm³/mol. The number of nitrogens with one attached hydrogen (secondary N) is 2. The van der Waals surface area contributed by atoms with Crippen LogP contribution in [0.15, 0.2) is 23.1 Å². The molecule has 142 valence electrons. The Balaban J connectivity index is 2.38. The Morgan fingerprint density at radius 2 is 1.84 bits per heavy atom. The molecule has 1 atom stereocenters. The van der Waals surface area contributed by atoms with Crippen LogP contribution in [0, 0.1) is 5.92 Å². The maximum absolute atomic E-state index is 12.2. The van der Waals surface area contributed by atoms with Crippen molar-refractivity contribution in [3.8, 4) is 0 Å². The highest BCUT2D eigenvalue weighted by molar-refractivity contribution is 7.89. The van der Waals surface area contributed by atoms with E-state index >= 15 is 0 Å². The molecule has 0 unspecified atom stereocenters. The maximum Gasteiger partial charge on any atom is 0.242 e. The van der Waals surface area contributed by atoms with Gasteiger partial charge in [0.1, 0.15) is 4.90 Å². The number of benzene rings is 1. The fourth-order valence-corrected chi connectivity index (χ4v) is 4.12. The minimum Gasteiger partial charge on any atom is -0.368 e. The summed E-state index contributed by atoms with van der Waals surface area (Å²) >= 11 is 11.7. The number of halogens is 2. The Labute approximate surface area is 159 Å². The van der Waals surface area contributed by atoms with E-state index in [0.717, 1.165) is 0 Å². The molecule has 0 spiro atoms. The molecule has 0 radical (unpaired) electrons. The van der Waals surface area contributed by atoms with Gasteiger partial charge in [-0.2, -0.15) is 0 Å². The highest BCUT2D eigenvalue weighted by Crippen LogP contribution is 2.24. The largest absolute Gasteiger partial charge is 0.368 e. The lowest BCUT2D eigenvalue weighted by Crippen LogP contribution is -2.42.